The van der Waals surface area contributed by atoms with Crippen LogP contribution >= 0.6 is 0 Å². The summed E-state index contributed by atoms with van der Waals surface area (Å²) >= 11 is 0. The summed E-state index contributed by atoms with van der Waals surface area (Å²) in [6, 6.07) is 0.694. The van der Waals surface area contributed by atoms with Crippen LogP contribution in [0, 0.1) is 0 Å². The zero-order valence-electron chi connectivity index (χ0n) is 8.72. The summed E-state index contributed by atoms with van der Waals surface area (Å²) in [6.07, 6.45) is 0. The fourth-order valence-corrected chi connectivity index (χ4v) is 0.938. The van der Waals surface area contributed by atoms with Gasteiger partial charge in [0.2, 0.25) is 5.91 Å². The minimum atomic E-state index is 0.123. The molecule has 0 fully saturated rings. The highest BCUT2D eigenvalue weighted by atomic mass is 16.2. The summed E-state index contributed by atoms with van der Waals surface area (Å²) in [5, 5.41) is 3.21. The van der Waals surface area contributed by atoms with Crippen molar-refractivity contribution in [2.24, 2.45) is 0 Å². The van der Waals surface area contributed by atoms with Gasteiger partial charge in [-0.25, -0.2) is 0 Å². The van der Waals surface area contributed by atoms with E-state index in [4.69, 9.17) is 0 Å². The number of carbonyl (C=O) groups is 1. The molecule has 0 aromatic heterocycles. The first-order valence-electron chi connectivity index (χ1n) is 4.45. The summed E-state index contributed by atoms with van der Waals surface area (Å²) < 4.78 is 0. The van der Waals surface area contributed by atoms with Gasteiger partial charge >= 0.3 is 0 Å². The number of amides is 1. The van der Waals surface area contributed by atoms with Gasteiger partial charge in [0.15, 0.2) is 0 Å². The Morgan fingerprint density at radius 1 is 1.33 bits per heavy atom. The molecule has 0 radical (unpaired) electrons. The molecule has 0 aliphatic rings. The molecule has 0 bridgehead atoms. The highest BCUT2D eigenvalue weighted by molar-refractivity contribution is 5.73. The monoisotopic (exact) mass is 172 g/mol. The van der Waals surface area contributed by atoms with Crippen LogP contribution in [0.3, 0.4) is 0 Å². The van der Waals surface area contributed by atoms with Gasteiger partial charge in [0.1, 0.15) is 0 Å². The van der Waals surface area contributed by atoms with Gasteiger partial charge in [-0.05, 0) is 27.7 Å². The maximum absolute atomic E-state index is 11.1. The number of nitrogens with one attached hydrogen (secondary N) is 1. The first-order valence-corrected chi connectivity index (χ1v) is 4.45. The Bertz CT molecular complexity index is 143. The van der Waals surface area contributed by atoms with Crippen LogP contribution in [0.1, 0.15) is 34.6 Å². The molecule has 0 spiro atoms. The van der Waals surface area contributed by atoms with Crippen LogP contribution in [0.2, 0.25) is 0 Å². The number of hydrogen-bond acceptors (Lipinski definition) is 2. The maximum atomic E-state index is 11.1. The predicted molar refractivity (Wildman–Crippen MR) is 50.8 cm³/mol. The van der Waals surface area contributed by atoms with E-state index in [1.165, 1.54) is 0 Å². The fourth-order valence-electron chi connectivity index (χ4n) is 0.938. The second-order valence-electron chi connectivity index (χ2n) is 3.60. The van der Waals surface area contributed by atoms with Crippen molar-refractivity contribution < 1.29 is 4.79 Å². The maximum Gasteiger partial charge on any atom is 0.220 e. The molecule has 0 atom stereocenters. The van der Waals surface area contributed by atoms with E-state index in [1.807, 2.05) is 13.8 Å². The Balaban J connectivity index is 3.88. The van der Waals surface area contributed by atoms with Gasteiger partial charge in [-0.3, -0.25) is 10.1 Å². The molecule has 3 nitrogen and oxygen atoms in total. The lowest BCUT2D eigenvalue weighted by atomic mass is 10.3. The van der Waals surface area contributed by atoms with Crippen LogP contribution in [0.15, 0.2) is 0 Å². The van der Waals surface area contributed by atoms with Gasteiger partial charge in [0.05, 0.1) is 6.67 Å². The fraction of sp³-hybridized carbons (Fsp3) is 0.889. The molecule has 0 saturated heterocycles. The van der Waals surface area contributed by atoms with Crippen molar-refractivity contribution >= 4 is 5.91 Å². The Morgan fingerprint density at radius 2 is 1.83 bits per heavy atom. The zero-order valence-corrected chi connectivity index (χ0v) is 8.72. The smallest absolute Gasteiger partial charge is 0.220 e. The number of carbonyl (C=O) groups excluding carboxylic acids is 1. The standard InChI is InChI=1S/C9H20N2O/c1-7(2)10-6-11(8(3)4)9(5)12/h7-8,10H,6H2,1-5H3. The van der Waals surface area contributed by atoms with E-state index >= 15 is 0 Å². The second kappa shape index (κ2) is 5.14. The highest BCUT2D eigenvalue weighted by Gasteiger charge is 2.11. The van der Waals surface area contributed by atoms with Crippen molar-refractivity contribution in [2.75, 3.05) is 6.67 Å². The molecule has 1 amide bonds. The first kappa shape index (κ1) is 11.4. The molecule has 3 heteroatoms. The first-order chi connectivity index (χ1) is 5.45. The third-order valence-corrected chi connectivity index (χ3v) is 1.70. The highest BCUT2D eigenvalue weighted by Crippen LogP contribution is 1.96. The van der Waals surface area contributed by atoms with Crippen molar-refractivity contribution in [2.45, 2.75) is 46.7 Å². The lowest BCUT2D eigenvalue weighted by Crippen LogP contribution is -2.44. The topological polar surface area (TPSA) is 32.3 Å². The SMILES string of the molecule is CC(=O)N(CNC(C)C)C(C)C. The average molecular weight is 172 g/mol. The van der Waals surface area contributed by atoms with Gasteiger partial charge in [0.25, 0.3) is 0 Å². The van der Waals surface area contributed by atoms with Crippen molar-refractivity contribution in [3.05, 3.63) is 0 Å². The molecule has 12 heavy (non-hydrogen) atoms. The Morgan fingerprint density at radius 3 is 2.08 bits per heavy atom. The number of nitrogens with zero attached hydrogens (tertiary/aromatic N) is 1. The van der Waals surface area contributed by atoms with E-state index < -0.39 is 0 Å². The number of hydrogen-bond donors (Lipinski definition) is 1. The van der Waals surface area contributed by atoms with Crippen molar-refractivity contribution in [3.8, 4) is 0 Å². The van der Waals surface area contributed by atoms with E-state index in [0.29, 0.717) is 12.7 Å². The third kappa shape index (κ3) is 4.34. The van der Waals surface area contributed by atoms with Gasteiger partial charge < -0.3 is 4.90 Å². The molecule has 1 N–H and O–H groups in total. The molecule has 0 aliphatic heterocycles. The molecular weight excluding hydrogens is 152 g/mol. The average Bonchev–Trinajstić information content (AvgIpc) is 1.84. The lowest BCUT2D eigenvalue weighted by molar-refractivity contribution is -0.130. The van der Waals surface area contributed by atoms with Crippen molar-refractivity contribution in [1.82, 2.24) is 10.2 Å². The van der Waals surface area contributed by atoms with E-state index in [-0.39, 0.29) is 11.9 Å². The van der Waals surface area contributed by atoms with Gasteiger partial charge in [0, 0.05) is 19.0 Å². The van der Waals surface area contributed by atoms with Crippen LogP contribution in [0.25, 0.3) is 0 Å². The second-order valence-corrected chi connectivity index (χ2v) is 3.60. The quantitative estimate of drug-likeness (QED) is 0.646. The summed E-state index contributed by atoms with van der Waals surface area (Å²) in [6.45, 7) is 10.4. The minimum Gasteiger partial charge on any atom is -0.328 e. The van der Waals surface area contributed by atoms with Crippen LogP contribution in [0.5, 0.6) is 0 Å². The van der Waals surface area contributed by atoms with Crippen LogP contribution < -0.4 is 5.32 Å². The van der Waals surface area contributed by atoms with Gasteiger partial charge in [-0.2, -0.15) is 0 Å². The molecule has 72 valence electrons. The van der Waals surface area contributed by atoms with Crippen molar-refractivity contribution in [3.63, 3.8) is 0 Å². The molecule has 0 unspecified atom stereocenters. The van der Waals surface area contributed by atoms with Crippen molar-refractivity contribution in [1.29, 1.82) is 0 Å². The zero-order chi connectivity index (χ0) is 9.72. The summed E-state index contributed by atoms with van der Waals surface area (Å²) in [5.74, 6) is 0.123. The normalized spacial score (nSPS) is 10.9. The van der Waals surface area contributed by atoms with E-state index in [9.17, 15) is 4.79 Å². The molecule has 0 aromatic carbocycles. The van der Waals surface area contributed by atoms with Gasteiger partial charge in [-0.1, -0.05) is 0 Å². The van der Waals surface area contributed by atoms with Crippen LogP contribution in [-0.2, 0) is 4.79 Å². The molecular formula is C9H20N2O. The largest absolute Gasteiger partial charge is 0.328 e. The Kier molecular flexibility index (Phi) is 4.90. The Hall–Kier alpha value is -0.570. The van der Waals surface area contributed by atoms with Crippen LogP contribution in [0.4, 0.5) is 0 Å². The van der Waals surface area contributed by atoms with Gasteiger partial charge in [-0.15, -0.1) is 0 Å². The minimum absolute atomic E-state index is 0.123. The molecule has 0 heterocycles. The molecule has 0 aromatic rings. The summed E-state index contributed by atoms with van der Waals surface area (Å²) in [7, 11) is 0. The lowest BCUT2D eigenvalue weighted by Gasteiger charge is -2.26. The summed E-state index contributed by atoms with van der Waals surface area (Å²) in [4.78, 5) is 12.9. The van der Waals surface area contributed by atoms with E-state index in [0.717, 1.165) is 0 Å². The molecule has 0 rings (SSSR count). The third-order valence-electron chi connectivity index (χ3n) is 1.70. The van der Waals surface area contributed by atoms with Crippen LogP contribution in [-0.4, -0.2) is 29.6 Å². The van der Waals surface area contributed by atoms with E-state index in [1.54, 1.807) is 11.8 Å². The van der Waals surface area contributed by atoms with E-state index in [2.05, 4.69) is 19.2 Å². The predicted octanol–water partition coefficient (Wildman–Crippen LogP) is 1.20. The Labute approximate surface area is 75.1 Å². The molecule has 0 aliphatic carbocycles. The summed E-state index contributed by atoms with van der Waals surface area (Å²) in [5.41, 5.74) is 0. The molecule has 0 saturated carbocycles. The number of rotatable bonds is 4.